The summed E-state index contributed by atoms with van der Waals surface area (Å²) in [5.41, 5.74) is 3.08. The van der Waals surface area contributed by atoms with Gasteiger partial charge in [-0.05, 0) is 50.7 Å². The van der Waals surface area contributed by atoms with Crippen LogP contribution in [0, 0.1) is 4.77 Å². The number of aryl methyl sites for hydroxylation is 1. The summed E-state index contributed by atoms with van der Waals surface area (Å²) in [6, 6.07) is 4.21. The molecule has 144 valence electrons. The van der Waals surface area contributed by atoms with Crippen molar-refractivity contribution in [3.05, 3.63) is 23.2 Å². The van der Waals surface area contributed by atoms with Crippen molar-refractivity contribution in [2.24, 2.45) is 0 Å². The molecule has 1 aliphatic heterocycles. The zero-order valence-corrected chi connectivity index (χ0v) is 17.3. The summed E-state index contributed by atoms with van der Waals surface area (Å²) >= 11 is 7.49. The highest BCUT2D eigenvalue weighted by molar-refractivity contribution is 7.99. The van der Waals surface area contributed by atoms with Crippen molar-refractivity contribution >= 4 is 51.7 Å². The zero-order chi connectivity index (χ0) is 18.6. The summed E-state index contributed by atoms with van der Waals surface area (Å²) in [5, 5.41) is 4.54. The maximum absolute atomic E-state index is 5.43. The molecule has 0 atom stereocenters. The highest BCUT2D eigenvalue weighted by Gasteiger charge is 2.11. The van der Waals surface area contributed by atoms with Crippen LogP contribution in [0.15, 0.2) is 18.5 Å². The first-order chi connectivity index (χ1) is 13.3. The molecule has 3 heterocycles. The van der Waals surface area contributed by atoms with Gasteiger partial charge in [-0.15, -0.1) is 0 Å². The Hall–Kier alpha value is -1.64. The van der Waals surface area contributed by atoms with Crippen molar-refractivity contribution in [3.8, 4) is 0 Å². The summed E-state index contributed by atoms with van der Waals surface area (Å²) in [6.07, 6.45) is 4.00. The van der Waals surface area contributed by atoms with Crippen molar-refractivity contribution in [1.29, 1.82) is 0 Å². The lowest BCUT2D eigenvalue weighted by Crippen LogP contribution is -2.33. The predicted octanol–water partition coefficient (Wildman–Crippen LogP) is 3.90. The second-order valence-corrected chi connectivity index (χ2v) is 8.48. The minimum Gasteiger partial charge on any atom is -0.369 e. The van der Waals surface area contributed by atoms with Crippen LogP contribution >= 0.6 is 24.0 Å². The average Bonchev–Trinajstić information content (AvgIpc) is 3.01. The highest BCUT2D eigenvalue weighted by atomic mass is 32.2. The maximum Gasteiger partial charge on any atom is 0.178 e. The number of hydrogen-bond acceptors (Lipinski definition) is 6. The fourth-order valence-corrected chi connectivity index (χ4v) is 4.97. The van der Waals surface area contributed by atoms with Crippen LogP contribution in [0.25, 0.3) is 21.9 Å². The van der Waals surface area contributed by atoms with E-state index in [1.807, 2.05) is 0 Å². The second kappa shape index (κ2) is 8.58. The third-order valence-electron chi connectivity index (χ3n) is 5.14. The average molecular weight is 403 g/mol. The Morgan fingerprint density at radius 2 is 2.07 bits per heavy atom. The van der Waals surface area contributed by atoms with E-state index < -0.39 is 0 Å². The number of nitrogens with one attached hydrogen (secondary N) is 2. The van der Waals surface area contributed by atoms with E-state index in [1.165, 1.54) is 37.6 Å². The summed E-state index contributed by atoms with van der Waals surface area (Å²) in [4.78, 5) is 14.8. The number of anilines is 1. The lowest BCUT2D eigenvalue weighted by Gasteiger charge is -2.25. The normalized spacial score (nSPS) is 15.6. The number of H-pyrrole nitrogens is 1. The Balaban J connectivity index is 1.44. The van der Waals surface area contributed by atoms with Crippen LogP contribution in [0.3, 0.4) is 0 Å². The third-order valence-corrected chi connectivity index (χ3v) is 6.41. The Morgan fingerprint density at radius 3 is 2.89 bits per heavy atom. The van der Waals surface area contributed by atoms with E-state index in [-0.39, 0.29) is 0 Å². The van der Waals surface area contributed by atoms with Crippen molar-refractivity contribution in [2.45, 2.75) is 26.3 Å². The van der Waals surface area contributed by atoms with Crippen LogP contribution < -0.4 is 5.32 Å². The molecule has 3 aromatic rings. The number of thioether (sulfide) groups is 1. The molecule has 0 bridgehead atoms. The van der Waals surface area contributed by atoms with Crippen LogP contribution in [0.5, 0.6) is 0 Å². The van der Waals surface area contributed by atoms with Crippen LogP contribution in [0.4, 0.5) is 5.82 Å². The van der Waals surface area contributed by atoms with Gasteiger partial charge in [-0.25, -0.2) is 9.97 Å². The fraction of sp³-hybridized carbons (Fsp3) is 0.526. The lowest BCUT2D eigenvalue weighted by atomic mass is 10.2. The number of rotatable bonds is 7. The predicted molar refractivity (Wildman–Crippen MR) is 117 cm³/mol. The van der Waals surface area contributed by atoms with Gasteiger partial charge in [0.15, 0.2) is 4.77 Å². The molecule has 6 nitrogen and oxygen atoms in total. The van der Waals surface area contributed by atoms with Gasteiger partial charge in [-0.1, -0.05) is 0 Å². The molecule has 0 aliphatic carbocycles. The van der Waals surface area contributed by atoms with Crippen LogP contribution in [0.2, 0.25) is 0 Å². The maximum atomic E-state index is 5.43. The Labute approximate surface area is 168 Å². The number of imidazole rings is 1. The third kappa shape index (κ3) is 4.12. The molecule has 1 fully saturated rings. The monoisotopic (exact) mass is 402 g/mol. The van der Waals surface area contributed by atoms with Crippen molar-refractivity contribution in [1.82, 2.24) is 24.4 Å². The molecule has 0 radical (unpaired) electrons. The fourth-order valence-electron chi connectivity index (χ4n) is 3.65. The van der Waals surface area contributed by atoms with E-state index in [4.69, 9.17) is 12.2 Å². The van der Waals surface area contributed by atoms with Gasteiger partial charge in [-0.3, -0.25) is 0 Å². The number of nitrogens with zero attached hydrogens (tertiary/aromatic N) is 4. The van der Waals surface area contributed by atoms with E-state index in [9.17, 15) is 0 Å². The van der Waals surface area contributed by atoms with Gasteiger partial charge in [0.1, 0.15) is 12.1 Å². The summed E-state index contributed by atoms with van der Waals surface area (Å²) in [5.74, 6) is 3.46. The van der Waals surface area contributed by atoms with Crippen molar-refractivity contribution in [2.75, 3.05) is 43.0 Å². The van der Waals surface area contributed by atoms with Gasteiger partial charge < -0.3 is 19.8 Å². The highest BCUT2D eigenvalue weighted by Crippen LogP contribution is 2.25. The molecule has 1 saturated heterocycles. The number of aromatic nitrogens is 4. The topological polar surface area (TPSA) is 61.8 Å². The molecule has 1 aromatic carbocycles. The Bertz CT molecular complexity index is 973. The van der Waals surface area contributed by atoms with E-state index >= 15 is 0 Å². The van der Waals surface area contributed by atoms with Crippen LogP contribution in [0.1, 0.15) is 19.8 Å². The van der Waals surface area contributed by atoms with Gasteiger partial charge in [0.05, 0.1) is 16.6 Å². The smallest absolute Gasteiger partial charge is 0.178 e. The first kappa shape index (κ1) is 18.7. The first-order valence-corrected chi connectivity index (χ1v) is 11.2. The molecule has 0 amide bonds. The number of fused-ring (bicyclic) bond motifs is 2. The largest absolute Gasteiger partial charge is 0.369 e. The molecule has 4 rings (SSSR count). The molecular weight excluding hydrogens is 376 g/mol. The SMILES string of the molecule is CCn1c(=S)[nH]c2cc3c(NCCCCN4CCSCC4)ncnc3cc21. The van der Waals surface area contributed by atoms with Crippen LogP contribution in [-0.4, -0.2) is 62.1 Å². The van der Waals surface area contributed by atoms with Crippen molar-refractivity contribution in [3.63, 3.8) is 0 Å². The molecule has 0 unspecified atom stereocenters. The van der Waals surface area contributed by atoms with Gasteiger partial charge >= 0.3 is 0 Å². The lowest BCUT2D eigenvalue weighted by molar-refractivity contribution is 0.297. The molecule has 0 saturated carbocycles. The summed E-state index contributed by atoms with van der Waals surface area (Å²) in [6.45, 7) is 7.55. The number of benzene rings is 1. The number of hydrogen-bond donors (Lipinski definition) is 2. The minimum absolute atomic E-state index is 0.751. The molecule has 1 aliphatic rings. The quantitative estimate of drug-likeness (QED) is 0.462. The summed E-state index contributed by atoms with van der Waals surface area (Å²) in [7, 11) is 0. The van der Waals surface area contributed by atoms with Gasteiger partial charge in [0.2, 0.25) is 0 Å². The first-order valence-electron chi connectivity index (χ1n) is 9.67. The minimum atomic E-state index is 0.751. The molecule has 27 heavy (non-hydrogen) atoms. The molecule has 0 spiro atoms. The van der Waals surface area contributed by atoms with Crippen molar-refractivity contribution < 1.29 is 0 Å². The second-order valence-electron chi connectivity index (χ2n) is 6.87. The molecule has 2 aromatic heterocycles. The van der Waals surface area contributed by atoms with E-state index in [2.05, 4.69) is 60.6 Å². The number of unbranched alkanes of at least 4 members (excludes halogenated alkanes) is 1. The van der Waals surface area contributed by atoms with E-state index in [0.717, 1.165) is 52.0 Å². The van der Waals surface area contributed by atoms with Crippen LogP contribution in [-0.2, 0) is 6.54 Å². The Kier molecular flexibility index (Phi) is 5.95. The zero-order valence-electron chi connectivity index (χ0n) is 15.7. The van der Waals surface area contributed by atoms with Gasteiger partial charge in [0.25, 0.3) is 0 Å². The number of aromatic amines is 1. The standard InChI is InChI=1S/C19H26N6S2/c1-2-25-17-12-15-14(11-16(17)23-19(25)26)18(22-13-21-15)20-5-3-4-6-24-7-9-27-10-8-24/h11-13H,2-10H2,1H3,(H,23,26)(H,20,21,22). The Morgan fingerprint density at radius 1 is 1.22 bits per heavy atom. The molecule has 8 heteroatoms. The summed E-state index contributed by atoms with van der Waals surface area (Å²) < 4.78 is 2.85. The van der Waals surface area contributed by atoms with E-state index in [1.54, 1.807) is 6.33 Å². The molecular formula is C19H26N6S2. The molecule has 2 N–H and O–H groups in total. The van der Waals surface area contributed by atoms with E-state index in [0.29, 0.717) is 0 Å². The van der Waals surface area contributed by atoms with Gasteiger partial charge in [-0.2, -0.15) is 11.8 Å². The van der Waals surface area contributed by atoms with Gasteiger partial charge in [0, 0.05) is 43.1 Å².